The molecule has 0 aromatic heterocycles. The molecule has 1 amide bonds. The van der Waals surface area contributed by atoms with Gasteiger partial charge in [-0.2, -0.15) is 4.99 Å². The molecule has 0 unspecified atom stereocenters. The van der Waals surface area contributed by atoms with Crippen LogP contribution in [0.3, 0.4) is 0 Å². The number of hydrogen-bond acceptors (Lipinski definition) is 5. The van der Waals surface area contributed by atoms with Crippen molar-refractivity contribution in [3.63, 3.8) is 0 Å². The lowest BCUT2D eigenvalue weighted by Crippen LogP contribution is -2.38. The molecule has 6 nitrogen and oxygen atoms in total. The first-order valence-corrected chi connectivity index (χ1v) is 12.2. The summed E-state index contributed by atoms with van der Waals surface area (Å²) >= 11 is 7.45. The van der Waals surface area contributed by atoms with Crippen LogP contribution in [0.4, 0.5) is 10.1 Å². The van der Waals surface area contributed by atoms with Crippen LogP contribution in [0.15, 0.2) is 47.5 Å². The summed E-state index contributed by atoms with van der Waals surface area (Å²) in [4.78, 5) is 18.6. The number of thioether (sulfide) groups is 1. The standard InChI is InChI=1S/C20H18ClFN2O4S2/c1-28-17-7-4-13(21)9-15(17)24-16-10-30(26,27)11-18(16)29-20(24)23-19(25)8-12-2-5-14(22)6-3-12/h2-7,9,16,18H,8,10-11H2,1H3/t16-,18+/m1/s1. The Hall–Kier alpha value is -2.10. The zero-order chi connectivity index (χ0) is 21.5. The zero-order valence-corrected chi connectivity index (χ0v) is 18.3. The maximum atomic E-state index is 13.1. The maximum Gasteiger partial charge on any atom is 0.252 e. The molecule has 0 radical (unpaired) electrons. The Morgan fingerprint density at radius 1 is 1.27 bits per heavy atom. The number of nitrogens with zero attached hydrogens (tertiary/aromatic N) is 2. The van der Waals surface area contributed by atoms with E-state index in [2.05, 4.69) is 4.99 Å². The van der Waals surface area contributed by atoms with E-state index in [9.17, 15) is 17.6 Å². The van der Waals surface area contributed by atoms with Gasteiger partial charge in [0.25, 0.3) is 5.91 Å². The first-order chi connectivity index (χ1) is 14.3. The predicted molar refractivity (Wildman–Crippen MR) is 117 cm³/mol. The number of sulfone groups is 1. The minimum absolute atomic E-state index is 0.0124. The number of carbonyl (C=O) groups is 1. The molecule has 2 saturated heterocycles. The smallest absolute Gasteiger partial charge is 0.252 e. The zero-order valence-electron chi connectivity index (χ0n) is 15.9. The van der Waals surface area contributed by atoms with Crippen LogP contribution < -0.4 is 9.64 Å². The first kappa shape index (κ1) is 21.1. The molecule has 0 spiro atoms. The van der Waals surface area contributed by atoms with Crippen LogP contribution in [-0.2, 0) is 21.1 Å². The molecule has 0 aliphatic carbocycles. The lowest BCUT2D eigenvalue weighted by atomic mass is 10.1. The Balaban J connectivity index is 1.69. The third-order valence-electron chi connectivity index (χ3n) is 4.96. The number of anilines is 1. The van der Waals surface area contributed by atoms with Gasteiger partial charge < -0.3 is 9.64 Å². The highest BCUT2D eigenvalue weighted by Crippen LogP contribution is 2.44. The second-order valence-corrected chi connectivity index (χ2v) is 10.9. The van der Waals surface area contributed by atoms with Crippen molar-refractivity contribution < 1.29 is 22.3 Å². The van der Waals surface area contributed by atoms with Gasteiger partial charge in [0, 0.05) is 10.3 Å². The van der Waals surface area contributed by atoms with Crippen LogP contribution in [0.1, 0.15) is 5.56 Å². The Morgan fingerprint density at radius 2 is 2.00 bits per heavy atom. The largest absolute Gasteiger partial charge is 0.495 e. The fourth-order valence-corrected chi connectivity index (χ4v) is 7.71. The fourth-order valence-electron chi connectivity index (χ4n) is 3.62. The number of hydrogen-bond donors (Lipinski definition) is 0. The number of methoxy groups -OCH3 is 1. The second-order valence-electron chi connectivity index (χ2n) is 7.08. The van der Waals surface area contributed by atoms with E-state index in [0.29, 0.717) is 27.2 Å². The SMILES string of the molecule is COc1ccc(Cl)cc1N1C(=NC(=O)Cc2ccc(F)cc2)S[C@H]2CS(=O)(=O)C[C@H]21. The fraction of sp³-hybridized carbons (Fsp3) is 0.300. The lowest BCUT2D eigenvalue weighted by molar-refractivity contribution is -0.117. The first-order valence-electron chi connectivity index (χ1n) is 9.11. The number of fused-ring (bicyclic) bond motifs is 1. The monoisotopic (exact) mass is 468 g/mol. The summed E-state index contributed by atoms with van der Waals surface area (Å²) in [6.07, 6.45) is 0.0124. The van der Waals surface area contributed by atoms with Gasteiger partial charge in [-0.3, -0.25) is 4.79 Å². The third kappa shape index (κ3) is 4.33. The van der Waals surface area contributed by atoms with Gasteiger partial charge in [-0.1, -0.05) is 35.5 Å². The summed E-state index contributed by atoms with van der Waals surface area (Å²) in [5, 5.41) is 0.626. The van der Waals surface area contributed by atoms with Crippen molar-refractivity contribution in [1.82, 2.24) is 0 Å². The molecule has 10 heteroatoms. The summed E-state index contributed by atoms with van der Waals surface area (Å²) in [6.45, 7) is 0. The Labute approximate surface area is 183 Å². The van der Waals surface area contributed by atoms with Crippen LogP contribution in [0.25, 0.3) is 0 Å². The van der Waals surface area contributed by atoms with Crippen LogP contribution in [-0.4, -0.2) is 49.4 Å². The van der Waals surface area contributed by atoms with E-state index < -0.39 is 15.7 Å². The van der Waals surface area contributed by atoms with Crippen molar-refractivity contribution >= 4 is 50.0 Å². The van der Waals surface area contributed by atoms with Crippen LogP contribution >= 0.6 is 23.4 Å². The highest BCUT2D eigenvalue weighted by Gasteiger charge is 2.50. The van der Waals surface area contributed by atoms with Crippen molar-refractivity contribution in [2.75, 3.05) is 23.5 Å². The molecule has 0 bridgehead atoms. The number of benzene rings is 2. The highest BCUT2D eigenvalue weighted by molar-refractivity contribution is 8.16. The van der Waals surface area contributed by atoms with Crippen LogP contribution in [0.2, 0.25) is 5.02 Å². The molecule has 158 valence electrons. The maximum absolute atomic E-state index is 13.1. The number of rotatable bonds is 4. The Bertz CT molecular complexity index is 1120. The number of amides is 1. The quantitative estimate of drug-likeness (QED) is 0.685. The number of aliphatic imine (C=N–C) groups is 1. The van der Waals surface area contributed by atoms with E-state index in [4.69, 9.17) is 16.3 Å². The van der Waals surface area contributed by atoms with Crippen molar-refractivity contribution in [2.24, 2.45) is 4.99 Å². The summed E-state index contributed by atoms with van der Waals surface area (Å²) in [5.41, 5.74) is 1.21. The van der Waals surface area contributed by atoms with E-state index in [1.807, 2.05) is 0 Å². The second kappa shape index (κ2) is 8.20. The molecule has 30 heavy (non-hydrogen) atoms. The van der Waals surface area contributed by atoms with E-state index in [1.54, 1.807) is 23.1 Å². The van der Waals surface area contributed by atoms with Crippen molar-refractivity contribution in [2.45, 2.75) is 17.7 Å². The number of halogens is 2. The van der Waals surface area contributed by atoms with Gasteiger partial charge in [-0.25, -0.2) is 12.8 Å². The summed E-state index contributed by atoms with van der Waals surface area (Å²) in [6, 6.07) is 10.3. The molecule has 2 fully saturated rings. The van der Waals surface area contributed by atoms with Gasteiger partial charge >= 0.3 is 0 Å². The molecular weight excluding hydrogens is 451 g/mol. The minimum atomic E-state index is -3.19. The number of amidine groups is 1. The molecule has 2 aliphatic rings. The minimum Gasteiger partial charge on any atom is -0.495 e. The van der Waals surface area contributed by atoms with Gasteiger partial charge in [-0.15, -0.1) is 0 Å². The van der Waals surface area contributed by atoms with Gasteiger partial charge in [0.2, 0.25) is 0 Å². The average Bonchev–Trinajstić information content (AvgIpc) is 3.14. The number of ether oxygens (including phenoxy) is 1. The predicted octanol–water partition coefficient (Wildman–Crippen LogP) is 3.33. The van der Waals surface area contributed by atoms with Gasteiger partial charge in [-0.05, 0) is 35.9 Å². The van der Waals surface area contributed by atoms with Crippen molar-refractivity contribution in [3.8, 4) is 5.75 Å². The van der Waals surface area contributed by atoms with Crippen LogP contribution in [0, 0.1) is 5.82 Å². The molecule has 0 saturated carbocycles. The van der Waals surface area contributed by atoms with E-state index >= 15 is 0 Å². The summed E-state index contributed by atoms with van der Waals surface area (Å²) in [5.74, 6) is -0.294. The molecular formula is C20H18ClFN2O4S2. The number of carbonyl (C=O) groups excluding carboxylic acids is 1. The van der Waals surface area contributed by atoms with Gasteiger partial charge in [0.1, 0.15) is 11.6 Å². The van der Waals surface area contributed by atoms with Crippen molar-refractivity contribution in [1.29, 1.82) is 0 Å². The average molecular weight is 469 g/mol. The van der Waals surface area contributed by atoms with E-state index in [-0.39, 0.29) is 35.0 Å². The summed E-state index contributed by atoms with van der Waals surface area (Å²) in [7, 11) is -1.68. The molecule has 0 N–H and O–H groups in total. The molecule has 2 atom stereocenters. The van der Waals surface area contributed by atoms with E-state index in [0.717, 1.165) is 0 Å². The third-order valence-corrected chi connectivity index (χ3v) is 8.40. The van der Waals surface area contributed by atoms with E-state index in [1.165, 1.54) is 43.1 Å². The molecule has 2 aromatic rings. The Kier molecular flexibility index (Phi) is 5.78. The van der Waals surface area contributed by atoms with Crippen LogP contribution in [0.5, 0.6) is 5.75 Å². The topological polar surface area (TPSA) is 76.0 Å². The molecule has 2 heterocycles. The molecule has 4 rings (SSSR count). The molecule has 2 aromatic carbocycles. The summed E-state index contributed by atoms with van der Waals surface area (Å²) < 4.78 is 42.9. The lowest BCUT2D eigenvalue weighted by Gasteiger charge is -2.26. The Morgan fingerprint density at radius 3 is 2.70 bits per heavy atom. The highest BCUT2D eigenvalue weighted by atomic mass is 35.5. The normalized spacial score (nSPS) is 23.6. The van der Waals surface area contributed by atoms with Gasteiger partial charge in [0.05, 0.1) is 36.8 Å². The van der Waals surface area contributed by atoms with Crippen molar-refractivity contribution in [3.05, 3.63) is 58.9 Å². The van der Waals surface area contributed by atoms with Gasteiger partial charge in [0.15, 0.2) is 15.0 Å². The molecule has 2 aliphatic heterocycles.